The van der Waals surface area contributed by atoms with Crippen molar-refractivity contribution in [3.8, 4) is 11.5 Å². The summed E-state index contributed by atoms with van der Waals surface area (Å²) in [5, 5.41) is 13.9. The lowest BCUT2D eigenvalue weighted by atomic mass is 10.1. The zero-order valence-electron chi connectivity index (χ0n) is 13.3. The van der Waals surface area contributed by atoms with Crippen LogP contribution in [0.15, 0.2) is 12.1 Å². The zero-order chi connectivity index (χ0) is 16.8. The van der Waals surface area contributed by atoms with Crippen molar-refractivity contribution in [2.75, 3.05) is 18.5 Å². The molecule has 0 fully saturated rings. The summed E-state index contributed by atoms with van der Waals surface area (Å²) < 4.78 is 11.3. The molecule has 0 saturated heterocycles. The summed E-state index contributed by atoms with van der Waals surface area (Å²) in [6, 6.07) is 3.26. The molecule has 0 spiro atoms. The second-order valence-corrected chi connectivity index (χ2v) is 5.40. The quantitative estimate of drug-likeness (QED) is 0.670. The lowest BCUT2D eigenvalue weighted by molar-refractivity contribution is -0.137. The van der Waals surface area contributed by atoms with E-state index < -0.39 is 12.0 Å². The molecule has 3 N–H and O–H groups in total. The number of nitrogens with one attached hydrogen (secondary N) is 2. The third-order valence-corrected chi connectivity index (χ3v) is 3.40. The van der Waals surface area contributed by atoms with Gasteiger partial charge in [0.25, 0.3) is 0 Å². The number of amides is 2. The number of carbonyl (C=O) groups is 2. The summed E-state index contributed by atoms with van der Waals surface area (Å²) in [6.07, 6.45) is 1.33. The lowest BCUT2D eigenvalue weighted by Gasteiger charge is -2.14. The van der Waals surface area contributed by atoms with Gasteiger partial charge in [0.2, 0.25) is 0 Å². The summed E-state index contributed by atoms with van der Waals surface area (Å²) in [4.78, 5) is 22.3. The monoisotopic (exact) mass is 322 g/mol. The van der Waals surface area contributed by atoms with Gasteiger partial charge >= 0.3 is 12.0 Å². The smallest absolute Gasteiger partial charge is 0.319 e. The fraction of sp³-hybridized carbons (Fsp3) is 0.500. The van der Waals surface area contributed by atoms with Gasteiger partial charge in [-0.15, -0.1) is 0 Å². The molecule has 1 heterocycles. The van der Waals surface area contributed by atoms with Crippen molar-refractivity contribution >= 4 is 17.7 Å². The molecule has 2 amide bonds. The van der Waals surface area contributed by atoms with Crippen LogP contribution in [0.25, 0.3) is 0 Å². The number of carbonyl (C=O) groups excluding carboxylic acids is 1. The number of urea groups is 1. The van der Waals surface area contributed by atoms with E-state index in [1.807, 2.05) is 19.9 Å². The van der Waals surface area contributed by atoms with E-state index in [1.54, 1.807) is 6.07 Å². The van der Waals surface area contributed by atoms with Crippen LogP contribution in [0, 0.1) is 0 Å². The maximum absolute atomic E-state index is 11.9. The van der Waals surface area contributed by atoms with Gasteiger partial charge in [0.1, 0.15) is 17.6 Å². The number of anilines is 1. The first-order valence-corrected chi connectivity index (χ1v) is 7.72. The van der Waals surface area contributed by atoms with Gasteiger partial charge in [0, 0.05) is 31.0 Å². The van der Waals surface area contributed by atoms with Crippen LogP contribution in [0.5, 0.6) is 11.5 Å². The Morgan fingerprint density at radius 1 is 1.43 bits per heavy atom. The number of carboxylic acids is 1. The molecule has 1 aliphatic rings. The number of ether oxygens (including phenoxy) is 2. The standard InChI is InChI=1S/C16H22N2O5/c1-3-22-14-8-11-7-10(2)23-13(11)9-12(14)18-16(21)17-6-4-5-15(19)20/h8-10H,3-7H2,1-2H3,(H,19,20)(H2,17,18,21). The average molecular weight is 322 g/mol. The van der Waals surface area contributed by atoms with E-state index in [9.17, 15) is 9.59 Å². The van der Waals surface area contributed by atoms with E-state index in [1.165, 1.54) is 0 Å². The molecule has 1 aromatic rings. The molecule has 126 valence electrons. The molecule has 0 radical (unpaired) electrons. The molecule has 1 unspecified atom stereocenters. The number of fused-ring (bicyclic) bond motifs is 1. The van der Waals surface area contributed by atoms with Crippen molar-refractivity contribution in [3.05, 3.63) is 17.7 Å². The maximum atomic E-state index is 11.9. The van der Waals surface area contributed by atoms with Gasteiger partial charge < -0.3 is 25.2 Å². The van der Waals surface area contributed by atoms with Crippen molar-refractivity contribution in [3.63, 3.8) is 0 Å². The van der Waals surface area contributed by atoms with Crippen molar-refractivity contribution in [1.29, 1.82) is 0 Å². The largest absolute Gasteiger partial charge is 0.492 e. The van der Waals surface area contributed by atoms with Crippen LogP contribution in [0.4, 0.5) is 10.5 Å². The fourth-order valence-corrected chi connectivity index (χ4v) is 2.42. The minimum absolute atomic E-state index is 0.0229. The zero-order valence-corrected chi connectivity index (χ0v) is 13.3. The minimum atomic E-state index is -0.879. The SMILES string of the molecule is CCOc1cc2c(cc1NC(=O)NCCCC(=O)O)OC(C)C2. The Hall–Kier alpha value is -2.44. The summed E-state index contributed by atoms with van der Waals surface area (Å²) >= 11 is 0. The molecule has 1 aliphatic heterocycles. The van der Waals surface area contributed by atoms with Gasteiger partial charge in [0.15, 0.2) is 0 Å². The highest BCUT2D eigenvalue weighted by molar-refractivity contribution is 5.91. The Morgan fingerprint density at radius 3 is 2.91 bits per heavy atom. The van der Waals surface area contributed by atoms with E-state index >= 15 is 0 Å². The number of benzene rings is 1. The van der Waals surface area contributed by atoms with Crippen molar-refractivity contribution < 1.29 is 24.2 Å². The molecular weight excluding hydrogens is 300 g/mol. The Morgan fingerprint density at radius 2 is 2.22 bits per heavy atom. The molecule has 0 aliphatic carbocycles. The highest BCUT2D eigenvalue weighted by Gasteiger charge is 2.22. The lowest BCUT2D eigenvalue weighted by Crippen LogP contribution is -2.30. The van der Waals surface area contributed by atoms with Gasteiger partial charge in [-0.1, -0.05) is 0 Å². The number of hydrogen-bond donors (Lipinski definition) is 3. The normalized spacial score (nSPS) is 15.5. The summed E-state index contributed by atoms with van der Waals surface area (Å²) in [5.74, 6) is 0.475. The maximum Gasteiger partial charge on any atom is 0.319 e. The molecular formula is C16H22N2O5. The Kier molecular flexibility index (Phi) is 5.67. The topological polar surface area (TPSA) is 96.9 Å². The van der Waals surface area contributed by atoms with E-state index in [0.717, 1.165) is 17.7 Å². The van der Waals surface area contributed by atoms with Gasteiger partial charge in [-0.05, 0) is 26.3 Å². The van der Waals surface area contributed by atoms with Crippen molar-refractivity contribution in [2.45, 2.75) is 39.2 Å². The van der Waals surface area contributed by atoms with Gasteiger partial charge in [-0.2, -0.15) is 0 Å². The van der Waals surface area contributed by atoms with Crippen molar-refractivity contribution in [2.24, 2.45) is 0 Å². The van der Waals surface area contributed by atoms with Crippen LogP contribution < -0.4 is 20.1 Å². The van der Waals surface area contributed by atoms with Gasteiger partial charge in [-0.3, -0.25) is 4.79 Å². The number of aliphatic carboxylic acids is 1. The fourth-order valence-electron chi connectivity index (χ4n) is 2.42. The molecule has 7 heteroatoms. The van der Waals surface area contributed by atoms with Crippen LogP contribution in [0.3, 0.4) is 0 Å². The molecule has 0 aromatic heterocycles. The minimum Gasteiger partial charge on any atom is -0.492 e. The van der Waals surface area contributed by atoms with E-state index in [-0.39, 0.29) is 12.5 Å². The Bertz CT molecular complexity index is 588. The van der Waals surface area contributed by atoms with Gasteiger partial charge in [0.05, 0.1) is 12.3 Å². The molecule has 0 bridgehead atoms. The number of carboxylic acid groups (broad SMARTS) is 1. The highest BCUT2D eigenvalue weighted by Crippen LogP contribution is 2.37. The summed E-state index contributed by atoms with van der Waals surface area (Å²) in [7, 11) is 0. The second kappa shape index (κ2) is 7.71. The molecule has 0 saturated carbocycles. The van der Waals surface area contributed by atoms with E-state index in [2.05, 4.69) is 10.6 Å². The molecule has 7 nitrogen and oxygen atoms in total. The number of rotatable bonds is 7. The average Bonchev–Trinajstić information content (AvgIpc) is 2.83. The van der Waals surface area contributed by atoms with Crippen LogP contribution in [-0.2, 0) is 11.2 Å². The molecule has 2 rings (SSSR count). The first-order valence-electron chi connectivity index (χ1n) is 7.72. The third-order valence-electron chi connectivity index (χ3n) is 3.40. The van der Waals surface area contributed by atoms with Gasteiger partial charge in [-0.25, -0.2) is 4.79 Å². The van der Waals surface area contributed by atoms with Crippen LogP contribution in [0.2, 0.25) is 0 Å². The molecule has 1 atom stereocenters. The number of hydrogen-bond acceptors (Lipinski definition) is 4. The van der Waals surface area contributed by atoms with Crippen molar-refractivity contribution in [1.82, 2.24) is 5.32 Å². The predicted octanol–water partition coefficient (Wildman–Crippen LogP) is 2.40. The van der Waals surface area contributed by atoms with Crippen LogP contribution in [0.1, 0.15) is 32.3 Å². The first-order chi connectivity index (χ1) is 11.0. The molecule has 23 heavy (non-hydrogen) atoms. The van der Waals surface area contributed by atoms with Crippen LogP contribution in [-0.4, -0.2) is 36.4 Å². The highest BCUT2D eigenvalue weighted by atomic mass is 16.5. The van der Waals surface area contributed by atoms with E-state index in [0.29, 0.717) is 31.0 Å². The third kappa shape index (κ3) is 4.77. The first kappa shape index (κ1) is 16.9. The predicted molar refractivity (Wildman–Crippen MR) is 85.3 cm³/mol. The summed E-state index contributed by atoms with van der Waals surface area (Å²) in [6.45, 7) is 4.65. The summed E-state index contributed by atoms with van der Waals surface area (Å²) in [5.41, 5.74) is 1.60. The molecule has 1 aromatic carbocycles. The second-order valence-electron chi connectivity index (χ2n) is 5.40. The Balaban J connectivity index is 1.99. The van der Waals surface area contributed by atoms with E-state index in [4.69, 9.17) is 14.6 Å². The Labute approximate surface area is 135 Å². The van der Waals surface area contributed by atoms with Crippen LogP contribution >= 0.6 is 0 Å².